The summed E-state index contributed by atoms with van der Waals surface area (Å²) in [7, 11) is 0. The van der Waals surface area contributed by atoms with Gasteiger partial charge < -0.3 is 4.90 Å². The molecule has 4 rings (SSSR count). The Morgan fingerprint density at radius 3 is 2.44 bits per heavy atom. The standard InChI is InChI=1S/C27H35N3O2S2/c1-6-9-22-19(5)24-25(34-22)28-27(30(26(24)32)21-14-12-20(7-2)13-15-21)33-16-23(31)29-17(3)10-8-11-18(29)4/h12-15,17-18H,6-11,16H2,1-5H3/t17-,18+. The van der Waals surface area contributed by atoms with Gasteiger partial charge in [-0.2, -0.15) is 0 Å². The number of amides is 1. The number of thiophene rings is 1. The molecule has 182 valence electrons. The number of rotatable bonds is 7. The highest BCUT2D eigenvalue weighted by Crippen LogP contribution is 2.32. The lowest BCUT2D eigenvalue weighted by Crippen LogP contribution is -2.48. The molecular weight excluding hydrogens is 462 g/mol. The predicted octanol–water partition coefficient (Wildman–Crippen LogP) is 6.15. The first-order chi connectivity index (χ1) is 16.3. The Bertz CT molecular complexity index is 1220. The number of benzene rings is 1. The van der Waals surface area contributed by atoms with Crippen LogP contribution in [0.15, 0.2) is 34.2 Å². The number of aryl methyl sites for hydroxylation is 3. The van der Waals surface area contributed by atoms with Gasteiger partial charge in [0.2, 0.25) is 5.91 Å². The van der Waals surface area contributed by atoms with Gasteiger partial charge in [0.15, 0.2) is 5.16 Å². The Labute approximate surface area is 210 Å². The van der Waals surface area contributed by atoms with Crippen LogP contribution >= 0.6 is 23.1 Å². The molecule has 0 aliphatic carbocycles. The average Bonchev–Trinajstić information content (AvgIpc) is 3.13. The highest BCUT2D eigenvalue weighted by molar-refractivity contribution is 7.99. The Hall–Kier alpha value is -2.12. The van der Waals surface area contributed by atoms with Gasteiger partial charge in [-0.1, -0.05) is 44.2 Å². The van der Waals surface area contributed by atoms with Gasteiger partial charge in [0.05, 0.1) is 16.8 Å². The quantitative estimate of drug-likeness (QED) is 0.290. The minimum Gasteiger partial charge on any atom is -0.337 e. The predicted molar refractivity (Wildman–Crippen MR) is 144 cm³/mol. The maximum absolute atomic E-state index is 13.8. The number of hydrogen-bond acceptors (Lipinski definition) is 5. The third-order valence-electron chi connectivity index (χ3n) is 6.92. The number of nitrogens with zero attached hydrogens (tertiary/aromatic N) is 3. The van der Waals surface area contributed by atoms with Crippen LogP contribution in [0, 0.1) is 6.92 Å². The van der Waals surface area contributed by atoms with E-state index in [0.717, 1.165) is 48.2 Å². The van der Waals surface area contributed by atoms with Crippen molar-refractivity contribution in [3.05, 3.63) is 50.6 Å². The molecule has 0 N–H and O–H groups in total. The molecule has 0 radical (unpaired) electrons. The topological polar surface area (TPSA) is 55.2 Å². The Morgan fingerprint density at radius 2 is 1.82 bits per heavy atom. The molecule has 1 aliphatic heterocycles. The molecule has 2 aromatic heterocycles. The van der Waals surface area contributed by atoms with Crippen molar-refractivity contribution in [2.45, 2.75) is 90.4 Å². The Morgan fingerprint density at radius 1 is 1.15 bits per heavy atom. The normalized spacial score (nSPS) is 18.6. The van der Waals surface area contributed by atoms with Crippen molar-refractivity contribution < 1.29 is 4.79 Å². The molecule has 1 amide bonds. The first kappa shape index (κ1) is 25.0. The van der Waals surface area contributed by atoms with Gasteiger partial charge in [-0.3, -0.25) is 14.2 Å². The summed E-state index contributed by atoms with van der Waals surface area (Å²) in [5, 5.41) is 1.30. The van der Waals surface area contributed by atoms with Crippen LogP contribution in [-0.4, -0.2) is 38.2 Å². The van der Waals surface area contributed by atoms with Crippen LogP contribution in [0.4, 0.5) is 0 Å². The highest BCUT2D eigenvalue weighted by Gasteiger charge is 2.29. The van der Waals surface area contributed by atoms with E-state index < -0.39 is 0 Å². The monoisotopic (exact) mass is 497 g/mol. The van der Waals surface area contributed by atoms with Crippen molar-refractivity contribution in [3.8, 4) is 5.69 Å². The first-order valence-corrected chi connectivity index (χ1v) is 14.2. The van der Waals surface area contributed by atoms with Gasteiger partial charge >= 0.3 is 0 Å². The van der Waals surface area contributed by atoms with Crippen LogP contribution in [0.5, 0.6) is 0 Å². The number of carbonyl (C=O) groups excluding carboxylic acids is 1. The van der Waals surface area contributed by atoms with Gasteiger partial charge in [-0.15, -0.1) is 11.3 Å². The zero-order valence-corrected chi connectivity index (χ0v) is 22.5. The van der Waals surface area contributed by atoms with Crippen molar-refractivity contribution in [2.75, 3.05) is 5.75 Å². The highest BCUT2D eigenvalue weighted by atomic mass is 32.2. The number of piperidine rings is 1. The lowest BCUT2D eigenvalue weighted by molar-refractivity contribution is -0.134. The maximum Gasteiger partial charge on any atom is 0.267 e. The first-order valence-electron chi connectivity index (χ1n) is 12.4. The smallest absolute Gasteiger partial charge is 0.267 e. The van der Waals surface area contributed by atoms with Gasteiger partial charge in [-0.25, -0.2) is 4.98 Å². The third-order valence-corrected chi connectivity index (χ3v) is 9.09. The number of hydrogen-bond donors (Lipinski definition) is 0. The molecule has 1 aliphatic rings. The van der Waals surface area contributed by atoms with Crippen molar-refractivity contribution in [1.82, 2.24) is 14.5 Å². The fourth-order valence-electron chi connectivity index (χ4n) is 4.99. The van der Waals surface area contributed by atoms with E-state index in [1.807, 2.05) is 24.0 Å². The molecule has 7 heteroatoms. The van der Waals surface area contributed by atoms with Crippen LogP contribution in [0.2, 0.25) is 0 Å². The summed E-state index contributed by atoms with van der Waals surface area (Å²) < 4.78 is 1.71. The molecule has 0 spiro atoms. The van der Waals surface area contributed by atoms with Gasteiger partial charge in [0.1, 0.15) is 4.83 Å². The minimum atomic E-state index is -0.0417. The summed E-state index contributed by atoms with van der Waals surface area (Å²) >= 11 is 3.00. The molecule has 2 atom stereocenters. The van der Waals surface area contributed by atoms with Crippen LogP contribution in [-0.2, 0) is 17.6 Å². The third kappa shape index (κ3) is 4.82. The molecule has 0 bridgehead atoms. The average molecular weight is 498 g/mol. The number of thioether (sulfide) groups is 1. The van der Waals surface area contributed by atoms with Crippen molar-refractivity contribution in [1.29, 1.82) is 0 Å². The van der Waals surface area contributed by atoms with Gasteiger partial charge in [0.25, 0.3) is 5.56 Å². The van der Waals surface area contributed by atoms with Crippen molar-refractivity contribution in [3.63, 3.8) is 0 Å². The molecule has 0 unspecified atom stereocenters. The molecule has 0 saturated carbocycles. The lowest BCUT2D eigenvalue weighted by atomic mass is 9.98. The molecule has 5 nitrogen and oxygen atoms in total. The SMILES string of the molecule is CCCc1sc2nc(SCC(=O)N3[C@H](C)CCC[C@@H]3C)n(-c3ccc(CC)cc3)c(=O)c2c1C. The van der Waals surface area contributed by atoms with Crippen molar-refractivity contribution >= 4 is 39.2 Å². The van der Waals surface area contributed by atoms with E-state index in [-0.39, 0.29) is 29.3 Å². The summed E-state index contributed by atoms with van der Waals surface area (Å²) in [6.45, 7) is 10.6. The van der Waals surface area contributed by atoms with Gasteiger partial charge in [0, 0.05) is 17.0 Å². The largest absolute Gasteiger partial charge is 0.337 e. The fourth-order valence-corrected chi connectivity index (χ4v) is 7.20. The van der Waals surface area contributed by atoms with Crippen LogP contribution in [0.25, 0.3) is 15.9 Å². The Balaban J connectivity index is 1.75. The lowest BCUT2D eigenvalue weighted by Gasteiger charge is -2.39. The second-order valence-corrected chi connectivity index (χ2v) is 11.4. The fraction of sp³-hybridized carbons (Fsp3) is 0.519. The maximum atomic E-state index is 13.8. The van der Waals surface area contributed by atoms with E-state index >= 15 is 0 Å². The molecule has 1 aromatic carbocycles. The summed E-state index contributed by atoms with van der Waals surface area (Å²) in [6, 6.07) is 8.61. The van der Waals surface area contributed by atoms with E-state index in [2.05, 4.69) is 39.8 Å². The number of likely N-dealkylation sites (tertiary alicyclic amines) is 1. The minimum absolute atomic E-state index is 0.0417. The molecule has 1 fully saturated rings. The summed E-state index contributed by atoms with van der Waals surface area (Å²) in [5.74, 6) is 0.409. The van der Waals surface area contributed by atoms with E-state index in [4.69, 9.17) is 4.98 Å². The summed E-state index contributed by atoms with van der Waals surface area (Å²) in [5.41, 5.74) is 3.02. The number of fused-ring (bicyclic) bond motifs is 1. The number of carbonyl (C=O) groups is 1. The molecule has 1 saturated heterocycles. The van der Waals surface area contributed by atoms with E-state index in [0.29, 0.717) is 10.5 Å². The van der Waals surface area contributed by atoms with Crippen LogP contribution < -0.4 is 5.56 Å². The second kappa shape index (κ2) is 10.6. The molecule has 34 heavy (non-hydrogen) atoms. The van der Waals surface area contributed by atoms with Crippen molar-refractivity contribution in [2.24, 2.45) is 0 Å². The number of aromatic nitrogens is 2. The van der Waals surface area contributed by atoms with Gasteiger partial charge in [-0.05, 0) is 76.1 Å². The van der Waals surface area contributed by atoms with Crippen LogP contribution in [0.3, 0.4) is 0 Å². The van der Waals surface area contributed by atoms with Crippen LogP contribution in [0.1, 0.15) is 69.4 Å². The molecular formula is C27H35N3O2S2. The molecule has 3 aromatic rings. The van der Waals surface area contributed by atoms with E-state index in [9.17, 15) is 9.59 Å². The summed E-state index contributed by atoms with van der Waals surface area (Å²) in [4.78, 5) is 36.0. The van der Waals surface area contributed by atoms with E-state index in [1.165, 1.54) is 28.6 Å². The second-order valence-electron chi connectivity index (χ2n) is 9.35. The zero-order valence-electron chi connectivity index (χ0n) is 20.9. The summed E-state index contributed by atoms with van der Waals surface area (Å²) in [6.07, 6.45) is 6.19. The molecule has 3 heterocycles. The zero-order chi connectivity index (χ0) is 24.4. The van der Waals surface area contributed by atoms with E-state index in [1.54, 1.807) is 15.9 Å². The Kier molecular flexibility index (Phi) is 7.83.